The zero-order chi connectivity index (χ0) is 12.3. The van der Waals surface area contributed by atoms with Crippen LogP contribution in [0.15, 0.2) is 24.3 Å². The lowest BCUT2D eigenvalue weighted by Gasteiger charge is -2.18. The first-order chi connectivity index (χ1) is 8.05. The van der Waals surface area contributed by atoms with E-state index in [1.807, 2.05) is 31.2 Å². The van der Waals surface area contributed by atoms with Crippen molar-refractivity contribution >= 4 is 11.6 Å². The van der Waals surface area contributed by atoms with Crippen LogP contribution in [-0.2, 0) is 0 Å². The van der Waals surface area contributed by atoms with Crippen molar-refractivity contribution in [3.63, 3.8) is 0 Å². The third-order valence-electron chi connectivity index (χ3n) is 3.02. The molecule has 94 valence electrons. The van der Waals surface area contributed by atoms with Crippen molar-refractivity contribution < 1.29 is 9.84 Å². The van der Waals surface area contributed by atoms with E-state index in [0.29, 0.717) is 11.6 Å². The minimum atomic E-state index is -0.528. The highest BCUT2D eigenvalue weighted by atomic mass is 35.5. The molecule has 1 unspecified atom stereocenters. The highest BCUT2D eigenvalue weighted by molar-refractivity contribution is 6.30. The Kier molecular flexibility index (Phi) is 3.92. The van der Waals surface area contributed by atoms with Crippen LogP contribution in [0.3, 0.4) is 0 Å². The van der Waals surface area contributed by atoms with Crippen LogP contribution in [0, 0.1) is 0 Å². The Hall–Kier alpha value is -0.770. The van der Waals surface area contributed by atoms with Crippen LogP contribution < -0.4 is 4.74 Å². The largest absolute Gasteiger partial charge is 0.492 e. The van der Waals surface area contributed by atoms with Crippen molar-refractivity contribution in [3.8, 4) is 5.75 Å². The lowest BCUT2D eigenvalue weighted by molar-refractivity contribution is 0.0670. The number of hydrogen-bond donors (Lipinski definition) is 1. The van der Waals surface area contributed by atoms with Crippen LogP contribution in [-0.4, -0.2) is 41.8 Å². The number of hydrogen-bond acceptors (Lipinski definition) is 3. The molecule has 4 heteroatoms. The lowest BCUT2D eigenvalue weighted by Crippen LogP contribution is -2.32. The summed E-state index contributed by atoms with van der Waals surface area (Å²) in [5, 5.41) is 10.5. The molecular weight excluding hydrogens is 238 g/mol. The first-order valence-corrected chi connectivity index (χ1v) is 6.26. The number of nitrogens with zero attached hydrogens (tertiary/aromatic N) is 1. The summed E-state index contributed by atoms with van der Waals surface area (Å²) in [5.41, 5.74) is -0.528. The summed E-state index contributed by atoms with van der Waals surface area (Å²) in [6.07, 6.45) is 0.841. The fourth-order valence-electron chi connectivity index (χ4n) is 2.05. The molecule has 0 amide bonds. The first-order valence-electron chi connectivity index (χ1n) is 5.88. The molecule has 1 aromatic rings. The number of ether oxygens (including phenoxy) is 1. The Morgan fingerprint density at radius 2 is 2.12 bits per heavy atom. The molecule has 3 nitrogen and oxygen atoms in total. The first kappa shape index (κ1) is 12.7. The number of halogens is 1. The zero-order valence-corrected chi connectivity index (χ0v) is 10.8. The van der Waals surface area contributed by atoms with Gasteiger partial charge in [0.05, 0.1) is 5.60 Å². The van der Waals surface area contributed by atoms with Gasteiger partial charge in [0, 0.05) is 24.7 Å². The average molecular weight is 256 g/mol. The van der Waals surface area contributed by atoms with E-state index in [0.717, 1.165) is 31.8 Å². The number of rotatable bonds is 4. The van der Waals surface area contributed by atoms with Crippen LogP contribution in [0.5, 0.6) is 5.75 Å². The minimum absolute atomic E-state index is 0.528. The molecule has 1 N–H and O–H groups in total. The van der Waals surface area contributed by atoms with Gasteiger partial charge in [0.1, 0.15) is 12.4 Å². The molecular formula is C13H18ClNO2. The quantitative estimate of drug-likeness (QED) is 0.895. The number of β-amino-alcohol motifs (C(OH)–C–C–N with tert-alkyl or cyclic N) is 1. The van der Waals surface area contributed by atoms with E-state index in [9.17, 15) is 5.11 Å². The topological polar surface area (TPSA) is 32.7 Å². The zero-order valence-electron chi connectivity index (χ0n) is 10.0. The van der Waals surface area contributed by atoms with E-state index in [1.54, 1.807) is 0 Å². The van der Waals surface area contributed by atoms with Crippen LogP contribution >= 0.6 is 11.6 Å². The normalized spacial score (nSPS) is 25.1. The Bertz CT molecular complexity index is 364. The fraction of sp³-hybridized carbons (Fsp3) is 0.538. The number of aliphatic hydroxyl groups is 1. The molecule has 17 heavy (non-hydrogen) atoms. The van der Waals surface area contributed by atoms with Gasteiger partial charge < -0.3 is 9.84 Å². The summed E-state index contributed by atoms with van der Waals surface area (Å²) in [6, 6.07) is 7.36. The minimum Gasteiger partial charge on any atom is -0.492 e. The standard InChI is InChI=1S/C13H18ClNO2/c1-13(16)6-7-15(10-13)8-9-17-12-4-2-11(14)3-5-12/h2-5,16H,6-10H2,1H3. The summed E-state index contributed by atoms with van der Waals surface area (Å²) < 4.78 is 5.61. The van der Waals surface area contributed by atoms with E-state index in [2.05, 4.69) is 4.90 Å². The van der Waals surface area contributed by atoms with Crippen molar-refractivity contribution in [2.75, 3.05) is 26.2 Å². The monoisotopic (exact) mass is 255 g/mol. The van der Waals surface area contributed by atoms with Gasteiger partial charge in [0.25, 0.3) is 0 Å². The Labute approximate surface area is 107 Å². The third-order valence-corrected chi connectivity index (χ3v) is 3.27. The van der Waals surface area contributed by atoms with Crippen molar-refractivity contribution in [1.82, 2.24) is 4.90 Å². The van der Waals surface area contributed by atoms with Gasteiger partial charge in [-0.3, -0.25) is 4.90 Å². The second-order valence-electron chi connectivity index (χ2n) is 4.83. The Balaban J connectivity index is 1.71. The fourth-order valence-corrected chi connectivity index (χ4v) is 2.18. The second kappa shape index (κ2) is 5.25. The molecule has 0 bridgehead atoms. The van der Waals surface area contributed by atoms with Gasteiger partial charge in [-0.15, -0.1) is 0 Å². The summed E-state index contributed by atoms with van der Waals surface area (Å²) in [7, 11) is 0. The highest BCUT2D eigenvalue weighted by Crippen LogP contribution is 2.20. The molecule has 0 spiro atoms. The summed E-state index contributed by atoms with van der Waals surface area (Å²) in [6.45, 7) is 5.04. The van der Waals surface area contributed by atoms with Crippen molar-refractivity contribution in [1.29, 1.82) is 0 Å². The summed E-state index contributed by atoms with van der Waals surface area (Å²) >= 11 is 5.79. The molecule has 1 aliphatic rings. The van der Waals surface area contributed by atoms with Crippen LogP contribution in [0.2, 0.25) is 5.02 Å². The smallest absolute Gasteiger partial charge is 0.119 e. The lowest BCUT2D eigenvalue weighted by atomic mass is 10.1. The van der Waals surface area contributed by atoms with Gasteiger partial charge >= 0.3 is 0 Å². The van der Waals surface area contributed by atoms with Gasteiger partial charge in [-0.25, -0.2) is 0 Å². The maximum Gasteiger partial charge on any atom is 0.119 e. The van der Waals surface area contributed by atoms with E-state index in [-0.39, 0.29) is 0 Å². The molecule has 1 fully saturated rings. The Morgan fingerprint density at radius 3 is 2.71 bits per heavy atom. The van der Waals surface area contributed by atoms with Crippen molar-refractivity contribution in [2.24, 2.45) is 0 Å². The molecule has 1 heterocycles. The summed E-state index contributed by atoms with van der Waals surface area (Å²) in [4.78, 5) is 2.22. The number of benzene rings is 1. The molecule has 0 aromatic heterocycles. The van der Waals surface area contributed by atoms with Crippen LogP contribution in [0.25, 0.3) is 0 Å². The van der Waals surface area contributed by atoms with Crippen molar-refractivity contribution in [2.45, 2.75) is 18.9 Å². The average Bonchev–Trinajstić information content (AvgIpc) is 2.61. The second-order valence-corrected chi connectivity index (χ2v) is 5.26. The van der Waals surface area contributed by atoms with E-state index in [1.165, 1.54) is 0 Å². The summed E-state index contributed by atoms with van der Waals surface area (Å²) in [5.74, 6) is 0.834. The Morgan fingerprint density at radius 1 is 1.41 bits per heavy atom. The predicted octanol–water partition coefficient (Wildman–Crippen LogP) is 2.18. The highest BCUT2D eigenvalue weighted by Gasteiger charge is 2.30. The van der Waals surface area contributed by atoms with Gasteiger partial charge in [0.2, 0.25) is 0 Å². The molecule has 1 saturated heterocycles. The molecule has 1 aromatic carbocycles. The predicted molar refractivity (Wildman–Crippen MR) is 68.6 cm³/mol. The number of likely N-dealkylation sites (tertiary alicyclic amines) is 1. The van der Waals surface area contributed by atoms with E-state index < -0.39 is 5.60 Å². The van der Waals surface area contributed by atoms with E-state index >= 15 is 0 Å². The molecule has 2 rings (SSSR count). The molecule has 1 aliphatic heterocycles. The molecule has 0 saturated carbocycles. The maximum atomic E-state index is 9.81. The maximum absolute atomic E-state index is 9.81. The van der Waals surface area contributed by atoms with Gasteiger partial charge in [-0.05, 0) is 37.6 Å². The third kappa shape index (κ3) is 3.87. The molecule has 0 aliphatic carbocycles. The van der Waals surface area contributed by atoms with E-state index in [4.69, 9.17) is 16.3 Å². The van der Waals surface area contributed by atoms with Gasteiger partial charge in [-0.2, -0.15) is 0 Å². The molecule has 1 atom stereocenters. The SMILES string of the molecule is CC1(O)CCN(CCOc2ccc(Cl)cc2)C1. The van der Waals surface area contributed by atoms with Gasteiger partial charge in [-0.1, -0.05) is 11.6 Å². The van der Waals surface area contributed by atoms with Crippen LogP contribution in [0.1, 0.15) is 13.3 Å². The van der Waals surface area contributed by atoms with Gasteiger partial charge in [0.15, 0.2) is 0 Å². The molecule has 0 radical (unpaired) electrons. The van der Waals surface area contributed by atoms with Crippen LogP contribution in [0.4, 0.5) is 0 Å². The van der Waals surface area contributed by atoms with Crippen molar-refractivity contribution in [3.05, 3.63) is 29.3 Å².